The van der Waals surface area contributed by atoms with E-state index in [1.807, 2.05) is 30.3 Å². The molecule has 0 saturated heterocycles. The molecule has 154 valence electrons. The summed E-state index contributed by atoms with van der Waals surface area (Å²) in [6.07, 6.45) is 0. The van der Waals surface area contributed by atoms with Gasteiger partial charge in [-0.25, -0.2) is 17.6 Å². The first-order valence-electron chi connectivity index (χ1n) is 8.75. The van der Waals surface area contributed by atoms with Crippen molar-refractivity contribution in [3.8, 4) is 0 Å². The molecule has 3 N–H and O–H groups in total. The molecule has 3 aromatic carbocycles. The van der Waals surface area contributed by atoms with Crippen LogP contribution < -0.4 is 10.0 Å². The van der Waals surface area contributed by atoms with Gasteiger partial charge in [-0.3, -0.25) is 9.52 Å². The van der Waals surface area contributed by atoms with E-state index in [9.17, 15) is 22.4 Å². The number of nitrogens with one attached hydrogen (secondary N) is 2. The van der Waals surface area contributed by atoms with Gasteiger partial charge in [0, 0.05) is 6.54 Å². The first-order valence-corrected chi connectivity index (χ1v) is 10.2. The fourth-order valence-electron chi connectivity index (χ4n) is 2.68. The van der Waals surface area contributed by atoms with Gasteiger partial charge in [0.05, 0.1) is 21.7 Å². The van der Waals surface area contributed by atoms with Crippen molar-refractivity contribution in [3.05, 3.63) is 95.3 Å². The fraction of sp³-hybridized carbons (Fsp3) is 0.0476. The molecule has 3 rings (SSSR count). The Kier molecular flexibility index (Phi) is 6.12. The predicted molar refractivity (Wildman–Crippen MR) is 108 cm³/mol. The van der Waals surface area contributed by atoms with Gasteiger partial charge in [-0.15, -0.1) is 0 Å². The Hall–Kier alpha value is -3.72. The highest BCUT2D eigenvalue weighted by Crippen LogP contribution is 2.22. The second-order valence-corrected chi connectivity index (χ2v) is 7.95. The number of carboxylic acids is 1. The van der Waals surface area contributed by atoms with E-state index in [-0.39, 0.29) is 17.8 Å². The van der Waals surface area contributed by atoms with Crippen LogP contribution in [0.4, 0.5) is 10.1 Å². The number of halogens is 1. The molecule has 0 unspecified atom stereocenters. The van der Waals surface area contributed by atoms with Gasteiger partial charge in [0.15, 0.2) is 0 Å². The Morgan fingerprint density at radius 2 is 1.57 bits per heavy atom. The number of para-hydroxylation sites is 1. The normalized spacial score (nSPS) is 11.0. The molecule has 0 fully saturated rings. The number of hydrogen-bond donors (Lipinski definition) is 3. The Morgan fingerprint density at radius 1 is 0.900 bits per heavy atom. The van der Waals surface area contributed by atoms with Crippen LogP contribution in [0, 0.1) is 5.82 Å². The summed E-state index contributed by atoms with van der Waals surface area (Å²) in [5.41, 5.74) is 0.185. The van der Waals surface area contributed by atoms with Crippen molar-refractivity contribution in [3.63, 3.8) is 0 Å². The van der Waals surface area contributed by atoms with Gasteiger partial charge in [-0.2, -0.15) is 0 Å². The first-order chi connectivity index (χ1) is 14.3. The number of hydrogen-bond acceptors (Lipinski definition) is 4. The summed E-state index contributed by atoms with van der Waals surface area (Å²) in [6, 6.07) is 17.6. The summed E-state index contributed by atoms with van der Waals surface area (Å²) in [5.74, 6) is -3.14. The van der Waals surface area contributed by atoms with Crippen LogP contribution in [-0.2, 0) is 16.6 Å². The minimum atomic E-state index is -4.27. The number of amides is 1. The van der Waals surface area contributed by atoms with Gasteiger partial charge in [0.2, 0.25) is 0 Å². The minimum absolute atomic E-state index is 0.00395. The van der Waals surface area contributed by atoms with E-state index >= 15 is 0 Å². The third kappa shape index (κ3) is 4.81. The molecular weight excluding hydrogens is 411 g/mol. The third-order valence-electron chi connectivity index (χ3n) is 4.19. The predicted octanol–water partition coefficient (Wildman–Crippen LogP) is 3.25. The van der Waals surface area contributed by atoms with Crippen molar-refractivity contribution in [2.75, 3.05) is 4.72 Å². The number of carbonyl (C=O) groups excluding carboxylic acids is 1. The molecule has 9 heteroatoms. The topological polar surface area (TPSA) is 113 Å². The molecule has 0 aliphatic rings. The molecule has 0 aliphatic carbocycles. The molecule has 0 aromatic heterocycles. The molecule has 0 heterocycles. The molecule has 0 atom stereocenters. The van der Waals surface area contributed by atoms with Crippen LogP contribution >= 0.6 is 0 Å². The molecule has 3 aromatic rings. The average molecular weight is 428 g/mol. The lowest BCUT2D eigenvalue weighted by atomic mass is 10.1. The monoisotopic (exact) mass is 428 g/mol. The lowest BCUT2D eigenvalue weighted by Gasteiger charge is -2.13. The Morgan fingerprint density at radius 3 is 2.27 bits per heavy atom. The Bertz CT molecular complexity index is 1200. The van der Waals surface area contributed by atoms with Gasteiger partial charge < -0.3 is 10.4 Å². The minimum Gasteiger partial charge on any atom is -0.478 e. The van der Waals surface area contributed by atoms with Crippen LogP contribution in [0.3, 0.4) is 0 Å². The molecule has 30 heavy (non-hydrogen) atoms. The van der Waals surface area contributed by atoms with E-state index in [0.29, 0.717) is 0 Å². The smallest absolute Gasteiger partial charge is 0.338 e. The van der Waals surface area contributed by atoms with E-state index in [1.54, 1.807) is 12.1 Å². The van der Waals surface area contributed by atoms with Gasteiger partial charge in [-0.1, -0.05) is 42.5 Å². The number of sulfonamides is 1. The molecule has 1 amide bonds. The standard InChI is InChI=1S/C21H17FN2O5S/c22-18-11-10-15(12-17(18)21(26)27)30(28,29)24-19-9-5-4-8-16(19)20(25)23-13-14-6-2-1-3-7-14/h1-12,24H,13H2,(H,23,25)(H,26,27). The van der Waals surface area contributed by atoms with E-state index in [2.05, 4.69) is 10.0 Å². The van der Waals surface area contributed by atoms with Crippen molar-refractivity contribution < 1.29 is 27.5 Å². The lowest BCUT2D eigenvalue weighted by molar-refractivity contribution is 0.0691. The highest BCUT2D eigenvalue weighted by Gasteiger charge is 2.21. The summed E-state index contributed by atoms with van der Waals surface area (Å²) >= 11 is 0. The molecule has 0 bridgehead atoms. The van der Waals surface area contributed by atoms with Crippen molar-refractivity contribution in [1.82, 2.24) is 5.32 Å². The van der Waals surface area contributed by atoms with E-state index < -0.39 is 38.2 Å². The first kappa shape index (κ1) is 21.0. The average Bonchev–Trinajstić information content (AvgIpc) is 2.73. The number of carboxylic acid groups (broad SMARTS) is 1. The summed E-state index contributed by atoms with van der Waals surface area (Å²) in [4.78, 5) is 23.2. The van der Waals surface area contributed by atoms with Gasteiger partial charge >= 0.3 is 5.97 Å². The summed E-state index contributed by atoms with van der Waals surface area (Å²) in [5, 5.41) is 11.7. The van der Waals surface area contributed by atoms with Crippen molar-refractivity contribution in [1.29, 1.82) is 0 Å². The van der Waals surface area contributed by atoms with Gasteiger partial charge in [-0.05, 0) is 35.9 Å². The third-order valence-corrected chi connectivity index (χ3v) is 5.55. The SMILES string of the molecule is O=C(O)c1cc(S(=O)(=O)Nc2ccccc2C(=O)NCc2ccccc2)ccc1F. The second kappa shape index (κ2) is 8.75. The van der Waals surface area contributed by atoms with Crippen LogP contribution in [0.2, 0.25) is 0 Å². The maximum absolute atomic E-state index is 13.6. The highest BCUT2D eigenvalue weighted by atomic mass is 32.2. The zero-order chi connectivity index (χ0) is 21.7. The zero-order valence-corrected chi connectivity index (χ0v) is 16.3. The van der Waals surface area contributed by atoms with Crippen LogP contribution in [0.5, 0.6) is 0 Å². The van der Waals surface area contributed by atoms with Crippen molar-refractivity contribution >= 4 is 27.6 Å². The Balaban J connectivity index is 1.84. The maximum atomic E-state index is 13.6. The zero-order valence-electron chi connectivity index (χ0n) is 15.5. The second-order valence-electron chi connectivity index (χ2n) is 6.27. The number of anilines is 1. The van der Waals surface area contributed by atoms with Crippen LogP contribution in [-0.4, -0.2) is 25.4 Å². The molecule has 0 saturated carbocycles. The number of carbonyl (C=O) groups is 2. The molecular formula is C21H17FN2O5S. The summed E-state index contributed by atoms with van der Waals surface area (Å²) in [6.45, 7) is 0.251. The molecule has 0 spiro atoms. The maximum Gasteiger partial charge on any atom is 0.338 e. The Labute approximate surface area is 172 Å². The largest absolute Gasteiger partial charge is 0.478 e. The van der Waals surface area contributed by atoms with Gasteiger partial charge in [0.1, 0.15) is 5.82 Å². The molecule has 7 nitrogen and oxygen atoms in total. The van der Waals surface area contributed by atoms with Crippen LogP contribution in [0.15, 0.2) is 77.7 Å². The van der Waals surface area contributed by atoms with Crippen LogP contribution in [0.1, 0.15) is 26.3 Å². The van der Waals surface area contributed by atoms with Crippen molar-refractivity contribution in [2.45, 2.75) is 11.4 Å². The molecule has 0 aliphatic heterocycles. The number of benzene rings is 3. The van der Waals surface area contributed by atoms with E-state index in [0.717, 1.165) is 23.8 Å². The van der Waals surface area contributed by atoms with Crippen molar-refractivity contribution in [2.24, 2.45) is 0 Å². The number of rotatable bonds is 7. The highest BCUT2D eigenvalue weighted by molar-refractivity contribution is 7.92. The number of aromatic carboxylic acids is 1. The molecule has 0 radical (unpaired) electrons. The van der Waals surface area contributed by atoms with Crippen LogP contribution in [0.25, 0.3) is 0 Å². The summed E-state index contributed by atoms with van der Waals surface area (Å²) < 4.78 is 41.2. The summed E-state index contributed by atoms with van der Waals surface area (Å²) in [7, 11) is -4.27. The fourth-order valence-corrected chi connectivity index (χ4v) is 3.79. The van der Waals surface area contributed by atoms with E-state index in [1.165, 1.54) is 12.1 Å². The van der Waals surface area contributed by atoms with Gasteiger partial charge in [0.25, 0.3) is 15.9 Å². The lowest BCUT2D eigenvalue weighted by Crippen LogP contribution is -2.25. The quantitative estimate of drug-likeness (QED) is 0.535. The van der Waals surface area contributed by atoms with E-state index in [4.69, 9.17) is 5.11 Å².